The first-order valence-corrected chi connectivity index (χ1v) is 5.72. The Hall–Kier alpha value is -1.45. The fourth-order valence-electron chi connectivity index (χ4n) is 1.80. The lowest BCUT2D eigenvalue weighted by Gasteiger charge is -2.16. The number of aliphatic hydroxyl groups is 1. The van der Waals surface area contributed by atoms with E-state index in [2.05, 4.69) is 17.6 Å². The molecule has 0 spiro atoms. The van der Waals surface area contributed by atoms with Gasteiger partial charge in [-0.25, -0.2) is 13.6 Å². The lowest BCUT2D eigenvalue weighted by atomic mass is 10.1. The van der Waals surface area contributed by atoms with Gasteiger partial charge in [-0.15, -0.1) is 12.6 Å². The second kappa shape index (κ2) is 5.27. The van der Waals surface area contributed by atoms with Crippen molar-refractivity contribution in [3.63, 3.8) is 0 Å². The van der Waals surface area contributed by atoms with Crippen LogP contribution in [0.25, 0.3) is 0 Å². The summed E-state index contributed by atoms with van der Waals surface area (Å²) in [4.78, 5) is 15.2. The van der Waals surface area contributed by atoms with Crippen molar-refractivity contribution < 1.29 is 18.6 Å². The summed E-state index contributed by atoms with van der Waals surface area (Å²) in [5, 5.41) is 8.98. The summed E-state index contributed by atoms with van der Waals surface area (Å²) < 4.78 is 32.5. The van der Waals surface area contributed by atoms with Crippen LogP contribution in [0.3, 0.4) is 0 Å². The molecule has 1 aliphatic heterocycles. The molecule has 3 N–H and O–H groups in total. The van der Waals surface area contributed by atoms with Crippen LogP contribution < -0.4 is 11.4 Å². The maximum Gasteiger partial charge on any atom is 0.351 e. The molecule has 1 aliphatic rings. The average Bonchev–Trinajstić information content (AvgIpc) is 2.70. The minimum absolute atomic E-state index is 0.0307. The van der Waals surface area contributed by atoms with Crippen LogP contribution >= 0.6 is 12.6 Å². The molecule has 0 aromatic carbocycles. The number of aliphatic hydroxyl groups excluding tert-OH is 1. The first-order chi connectivity index (χ1) is 8.99. The van der Waals surface area contributed by atoms with Gasteiger partial charge in [0.15, 0.2) is 12.4 Å². The Bertz CT molecular complexity index is 578. The quantitative estimate of drug-likeness (QED) is 0.677. The van der Waals surface area contributed by atoms with Crippen LogP contribution in [-0.4, -0.2) is 33.5 Å². The molecule has 0 aliphatic carbocycles. The Morgan fingerprint density at radius 2 is 2.37 bits per heavy atom. The highest BCUT2D eigenvalue weighted by Crippen LogP contribution is 2.35. The zero-order valence-electron chi connectivity index (χ0n) is 9.53. The van der Waals surface area contributed by atoms with Crippen LogP contribution in [0, 0.1) is 0 Å². The molecule has 3 atom stereocenters. The zero-order valence-corrected chi connectivity index (χ0v) is 10.4. The molecule has 19 heavy (non-hydrogen) atoms. The molecule has 0 saturated carbocycles. The highest BCUT2D eigenvalue weighted by molar-refractivity contribution is 7.80. The minimum atomic E-state index is -1.90. The Balaban J connectivity index is 2.44. The van der Waals surface area contributed by atoms with Crippen LogP contribution in [0.1, 0.15) is 6.23 Å². The summed E-state index contributed by atoms with van der Waals surface area (Å²) in [6.45, 7) is -0.600. The van der Waals surface area contributed by atoms with Crippen molar-refractivity contribution in [1.82, 2.24) is 9.55 Å². The van der Waals surface area contributed by atoms with Crippen molar-refractivity contribution >= 4 is 18.4 Å². The standard InChI is InChI=1S/C10H11F2N3O3S/c11-1-4-5(3-16)18-9(7(4)12)15-2-6(19)8(13)14-10(15)17/h1-2,5,7,9,16,19H,3H2,(H2,13,14,17). The van der Waals surface area contributed by atoms with Crippen LogP contribution in [0.15, 0.2) is 27.8 Å². The minimum Gasteiger partial charge on any atom is -0.393 e. The third kappa shape index (κ3) is 2.36. The molecule has 2 rings (SSSR count). The van der Waals surface area contributed by atoms with Crippen LogP contribution in [-0.2, 0) is 4.74 Å². The van der Waals surface area contributed by atoms with E-state index >= 15 is 0 Å². The molecular weight excluding hydrogens is 280 g/mol. The van der Waals surface area contributed by atoms with Crippen LogP contribution in [0.4, 0.5) is 14.6 Å². The van der Waals surface area contributed by atoms with Gasteiger partial charge in [-0.3, -0.25) is 4.57 Å². The van der Waals surface area contributed by atoms with E-state index in [9.17, 15) is 13.6 Å². The first-order valence-electron chi connectivity index (χ1n) is 5.27. The van der Waals surface area contributed by atoms with E-state index in [0.29, 0.717) is 0 Å². The van der Waals surface area contributed by atoms with Gasteiger partial charge in [0.05, 0.1) is 17.8 Å². The van der Waals surface area contributed by atoms with Gasteiger partial charge in [0.1, 0.15) is 11.9 Å². The molecule has 0 amide bonds. The molecule has 6 nitrogen and oxygen atoms in total. The van der Waals surface area contributed by atoms with E-state index in [-0.39, 0.29) is 22.6 Å². The van der Waals surface area contributed by atoms with Gasteiger partial charge >= 0.3 is 5.69 Å². The average molecular weight is 291 g/mol. The molecule has 0 radical (unpaired) electrons. The van der Waals surface area contributed by atoms with Gasteiger partial charge in [-0.2, -0.15) is 4.98 Å². The van der Waals surface area contributed by atoms with Gasteiger partial charge in [0.2, 0.25) is 0 Å². The Kier molecular flexibility index (Phi) is 3.88. The molecule has 104 valence electrons. The zero-order chi connectivity index (χ0) is 14.2. The fourth-order valence-corrected chi connectivity index (χ4v) is 1.97. The van der Waals surface area contributed by atoms with Crippen molar-refractivity contribution in [3.05, 3.63) is 28.6 Å². The van der Waals surface area contributed by atoms with Crippen LogP contribution in [0.5, 0.6) is 0 Å². The summed E-state index contributed by atoms with van der Waals surface area (Å²) in [5.74, 6) is -0.0991. The number of alkyl halides is 1. The Morgan fingerprint density at radius 1 is 1.68 bits per heavy atom. The number of halogens is 2. The number of rotatable bonds is 2. The predicted molar refractivity (Wildman–Crippen MR) is 65.2 cm³/mol. The Labute approximate surface area is 111 Å². The first kappa shape index (κ1) is 14.0. The topological polar surface area (TPSA) is 90.4 Å². The second-order valence-electron chi connectivity index (χ2n) is 3.91. The summed E-state index contributed by atoms with van der Waals surface area (Å²) in [6.07, 6.45) is -3.27. The van der Waals surface area contributed by atoms with Gasteiger partial charge in [0, 0.05) is 11.8 Å². The van der Waals surface area contributed by atoms with E-state index in [0.717, 1.165) is 10.8 Å². The smallest absolute Gasteiger partial charge is 0.351 e. The monoisotopic (exact) mass is 291 g/mol. The number of nitrogens with two attached hydrogens (primary N) is 1. The summed E-state index contributed by atoms with van der Waals surface area (Å²) >= 11 is 3.96. The SMILES string of the molecule is Nc1nc(=O)n(C2OC(CO)C(=CF)C2F)cc1S. The largest absolute Gasteiger partial charge is 0.393 e. The molecule has 9 heteroatoms. The van der Waals surface area contributed by atoms with Crippen molar-refractivity contribution in [2.75, 3.05) is 12.3 Å². The number of anilines is 1. The molecule has 2 heterocycles. The number of aromatic nitrogens is 2. The maximum atomic E-state index is 14.0. The van der Waals surface area contributed by atoms with Crippen molar-refractivity contribution in [3.8, 4) is 0 Å². The number of thiol groups is 1. The van der Waals surface area contributed by atoms with Gasteiger partial charge in [-0.1, -0.05) is 0 Å². The van der Waals surface area contributed by atoms with Gasteiger partial charge < -0.3 is 15.6 Å². The highest BCUT2D eigenvalue weighted by Gasteiger charge is 2.42. The number of hydrogen-bond acceptors (Lipinski definition) is 6. The van der Waals surface area contributed by atoms with E-state index in [4.69, 9.17) is 15.6 Å². The van der Waals surface area contributed by atoms with E-state index in [1.54, 1.807) is 0 Å². The lowest BCUT2D eigenvalue weighted by molar-refractivity contribution is -0.0378. The summed E-state index contributed by atoms with van der Waals surface area (Å²) in [5.41, 5.74) is 4.17. The lowest BCUT2D eigenvalue weighted by Crippen LogP contribution is -2.31. The second-order valence-corrected chi connectivity index (χ2v) is 4.39. The number of nitrogens with zero attached hydrogens (tertiary/aromatic N) is 2. The fraction of sp³-hybridized carbons (Fsp3) is 0.400. The van der Waals surface area contributed by atoms with Gasteiger partial charge in [0.25, 0.3) is 0 Å². The maximum absolute atomic E-state index is 14.0. The molecule has 1 saturated heterocycles. The Morgan fingerprint density at radius 3 is 2.89 bits per heavy atom. The normalized spacial score (nSPS) is 29.1. The number of nitrogen functional groups attached to an aromatic ring is 1. The third-order valence-corrected chi connectivity index (χ3v) is 3.12. The molecule has 3 unspecified atom stereocenters. The molecule has 1 aromatic heterocycles. The highest BCUT2D eigenvalue weighted by atomic mass is 32.1. The number of hydrogen-bond donors (Lipinski definition) is 3. The third-order valence-electron chi connectivity index (χ3n) is 2.77. The van der Waals surface area contributed by atoms with Crippen molar-refractivity contribution in [2.24, 2.45) is 0 Å². The van der Waals surface area contributed by atoms with Gasteiger partial charge in [-0.05, 0) is 0 Å². The molecule has 1 fully saturated rings. The number of ether oxygens (including phenoxy) is 1. The van der Waals surface area contributed by atoms with Crippen LogP contribution in [0.2, 0.25) is 0 Å². The molecule has 1 aromatic rings. The molecular formula is C10H11F2N3O3S. The van der Waals surface area contributed by atoms with E-state index in [1.165, 1.54) is 0 Å². The van der Waals surface area contributed by atoms with E-state index in [1.807, 2.05) is 0 Å². The van der Waals surface area contributed by atoms with Crippen molar-refractivity contribution in [1.29, 1.82) is 0 Å². The summed E-state index contributed by atoms with van der Waals surface area (Å²) in [6, 6.07) is 0. The summed E-state index contributed by atoms with van der Waals surface area (Å²) in [7, 11) is 0. The molecule has 0 bridgehead atoms. The van der Waals surface area contributed by atoms with Crippen molar-refractivity contribution in [2.45, 2.75) is 23.4 Å². The van der Waals surface area contributed by atoms with E-state index < -0.39 is 30.8 Å². The predicted octanol–water partition coefficient (Wildman–Crippen LogP) is 0.195.